The van der Waals surface area contributed by atoms with Crippen LogP contribution in [-0.4, -0.2) is 32.5 Å². The topological polar surface area (TPSA) is 73.8 Å². The van der Waals surface area contributed by atoms with E-state index in [0.29, 0.717) is 16.7 Å². The van der Waals surface area contributed by atoms with Gasteiger partial charge < -0.3 is 0 Å². The molecule has 1 aromatic heterocycles. The number of thioether (sulfide) groups is 2. The van der Waals surface area contributed by atoms with Crippen molar-refractivity contribution in [2.45, 2.75) is 22.2 Å². The molecule has 0 spiro atoms. The molecular weight excluding hydrogens is 387 g/mol. The van der Waals surface area contributed by atoms with Gasteiger partial charge in [0.2, 0.25) is 6.54 Å². The van der Waals surface area contributed by atoms with Crippen molar-refractivity contribution in [2.24, 2.45) is 0 Å². The van der Waals surface area contributed by atoms with E-state index in [1.54, 1.807) is 35.4 Å². The van der Waals surface area contributed by atoms with E-state index in [2.05, 4.69) is 10.2 Å². The molecule has 0 saturated carbocycles. The molecule has 2 aromatic carbocycles. The van der Waals surface area contributed by atoms with Crippen molar-refractivity contribution >= 4 is 23.5 Å². The third kappa shape index (κ3) is 4.67. The average Bonchev–Trinajstić information content (AvgIpc) is 3.02. The van der Waals surface area contributed by atoms with Crippen LogP contribution in [0.1, 0.15) is 16.6 Å². The van der Waals surface area contributed by atoms with Crippen LogP contribution in [0.4, 0.5) is 4.39 Å². The molecule has 0 aliphatic heterocycles. The summed E-state index contributed by atoms with van der Waals surface area (Å²) >= 11 is 2.89. The maximum absolute atomic E-state index is 13.2. The number of aryl methyl sites for hydroxylation is 1. The Morgan fingerprint density at radius 1 is 1.15 bits per heavy atom. The minimum atomic E-state index is -0.418. The number of nitro groups is 1. The molecular formula is C18H17FN4O2S2. The van der Waals surface area contributed by atoms with E-state index in [4.69, 9.17) is 0 Å². The van der Waals surface area contributed by atoms with E-state index in [1.807, 2.05) is 30.5 Å². The molecule has 140 valence electrons. The van der Waals surface area contributed by atoms with Gasteiger partial charge in [0.25, 0.3) is 0 Å². The molecule has 6 nitrogen and oxygen atoms in total. The third-order valence-corrected chi connectivity index (χ3v) is 5.85. The van der Waals surface area contributed by atoms with Crippen LogP contribution in [0.3, 0.4) is 0 Å². The van der Waals surface area contributed by atoms with Crippen molar-refractivity contribution < 1.29 is 9.31 Å². The predicted molar refractivity (Wildman–Crippen MR) is 105 cm³/mol. The number of benzene rings is 2. The molecule has 3 rings (SSSR count). The fourth-order valence-electron chi connectivity index (χ4n) is 2.60. The highest BCUT2D eigenvalue weighted by molar-refractivity contribution is 7.99. The summed E-state index contributed by atoms with van der Waals surface area (Å²) < 4.78 is 15.0. The summed E-state index contributed by atoms with van der Waals surface area (Å²) in [5.41, 5.74) is 1.56. The zero-order chi connectivity index (χ0) is 19.4. The van der Waals surface area contributed by atoms with Gasteiger partial charge in [-0.3, -0.25) is 14.7 Å². The Morgan fingerprint density at radius 3 is 2.41 bits per heavy atom. The molecule has 3 aromatic rings. The van der Waals surface area contributed by atoms with Crippen LogP contribution < -0.4 is 0 Å². The Hall–Kier alpha value is -2.39. The minimum absolute atomic E-state index is 0.237. The van der Waals surface area contributed by atoms with Crippen molar-refractivity contribution in [2.75, 3.05) is 12.8 Å². The number of halogens is 1. The summed E-state index contributed by atoms with van der Waals surface area (Å²) in [6.45, 7) is 1.55. The molecule has 0 aliphatic carbocycles. The van der Waals surface area contributed by atoms with Crippen LogP contribution in [0.5, 0.6) is 0 Å². The summed E-state index contributed by atoms with van der Waals surface area (Å²) in [4.78, 5) is 12.0. The van der Waals surface area contributed by atoms with Crippen molar-refractivity contribution in [1.29, 1.82) is 0 Å². The van der Waals surface area contributed by atoms with Crippen molar-refractivity contribution in [3.8, 4) is 5.69 Å². The second kappa shape index (κ2) is 8.53. The second-order valence-electron chi connectivity index (χ2n) is 5.74. The van der Waals surface area contributed by atoms with Crippen molar-refractivity contribution in [3.05, 3.63) is 75.9 Å². The molecule has 0 N–H and O–H groups in total. The second-order valence-corrected chi connectivity index (χ2v) is 7.79. The first-order valence-corrected chi connectivity index (χ1v) is 10.2. The van der Waals surface area contributed by atoms with Crippen LogP contribution >= 0.6 is 23.5 Å². The first kappa shape index (κ1) is 19.4. The summed E-state index contributed by atoms with van der Waals surface area (Å²) in [5, 5.41) is 19.6. The normalized spacial score (nSPS) is 12.1. The standard InChI is InChI=1S/C18H17FN4O2S2/c1-12-20-21-18(23(12)15-7-5-14(19)6-8-15)27-17(11-22(24)25)13-3-9-16(26-2)10-4-13/h3-10,17H,11H2,1-2H3/t17-/m1/s1. The molecule has 0 radical (unpaired) electrons. The highest BCUT2D eigenvalue weighted by Gasteiger charge is 2.23. The molecule has 1 heterocycles. The van der Waals surface area contributed by atoms with E-state index in [-0.39, 0.29) is 17.3 Å². The van der Waals surface area contributed by atoms with Crippen LogP contribution in [0.15, 0.2) is 58.6 Å². The lowest BCUT2D eigenvalue weighted by Crippen LogP contribution is -2.11. The van der Waals surface area contributed by atoms with Crippen LogP contribution in [-0.2, 0) is 0 Å². The first-order valence-electron chi connectivity index (χ1n) is 8.08. The largest absolute Gasteiger partial charge is 0.274 e. The molecule has 0 unspecified atom stereocenters. The molecule has 0 saturated heterocycles. The average molecular weight is 404 g/mol. The van der Waals surface area contributed by atoms with Crippen molar-refractivity contribution in [1.82, 2.24) is 14.8 Å². The van der Waals surface area contributed by atoms with Gasteiger partial charge in [0.15, 0.2) is 5.16 Å². The molecule has 27 heavy (non-hydrogen) atoms. The van der Waals surface area contributed by atoms with E-state index in [9.17, 15) is 14.5 Å². The summed E-state index contributed by atoms with van der Waals surface area (Å²) in [5.74, 6) is 0.292. The Morgan fingerprint density at radius 2 is 1.81 bits per heavy atom. The highest BCUT2D eigenvalue weighted by Crippen LogP contribution is 2.36. The number of nitrogens with zero attached hydrogens (tertiary/aromatic N) is 4. The minimum Gasteiger partial charge on any atom is -0.274 e. The number of hydrogen-bond donors (Lipinski definition) is 0. The quantitative estimate of drug-likeness (QED) is 0.327. The summed E-state index contributed by atoms with van der Waals surface area (Å²) in [6, 6.07) is 13.7. The zero-order valence-corrected chi connectivity index (χ0v) is 16.3. The maximum atomic E-state index is 13.2. The van der Waals surface area contributed by atoms with E-state index in [1.165, 1.54) is 23.9 Å². The van der Waals surface area contributed by atoms with Gasteiger partial charge >= 0.3 is 0 Å². The van der Waals surface area contributed by atoms with Gasteiger partial charge in [-0.05, 0) is 55.1 Å². The van der Waals surface area contributed by atoms with Crippen LogP contribution in [0, 0.1) is 22.9 Å². The number of hydrogen-bond acceptors (Lipinski definition) is 6. The van der Waals surface area contributed by atoms with Gasteiger partial charge in [0.05, 0.1) is 0 Å². The first-order chi connectivity index (χ1) is 13.0. The zero-order valence-electron chi connectivity index (χ0n) is 14.7. The van der Waals surface area contributed by atoms with E-state index in [0.717, 1.165) is 10.5 Å². The third-order valence-electron chi connectivity index (χ3n) is 3.93. The lowest BCUT2D eigenvalue weighted by molar-refractivity contribution is -0.479. The van der Waals surface area contributed by atoms with Gasteiger partial charge in [0, 0.05) is 15.5 Å². The van der Waals surface area contributed by atoms with E-state index >= 15 is 0 Å². The lowest BCUT2D eigenvalue weighted by Gasteiger charge is -2.14. The van der Waals surface area contributed by atoms with E-state index < -0.39 is 5.25 Å². The molecule has 1 atom stereocenters. The molecule has 0 aliphatic rings. The van der Waals surface area contributed by atoms with Crippen LogP contribution in [0.2, 0.25) is 0 Å². The number of rotatable bonds is 7. The summed E-state index contributed by atoms with van der Waals surface area (Å²) in [7, 11) is 0. The molecule has 0 bridgehead atoms. The number of aromatic nitrogens is 3. The Kier molecular flexibility index (Phi) is 6.12. The highest BCUT2D eigenvalue weighted by atomic mass is 32.2. The predicted octanol–water partition coefficient (Wildman–Crippen LogP) is 4.55. The Bertz CT molecular complexity index is 930. The lowest BCUT2D eigenvalue weighted by atomic mass is 10.1. The SMILES string of the molecule is CSc1ccc([C@@H](C[N+](=O)[O-])Sc2nnc(C)n2-c2ccc(F)cc2)cc1. The van der Waals surface area contributed by atoms with Gasteiger partial charge in [-0.1, -0.05) is 23.9 Å². The molecule has 9 heteroatoms. The monoisotopic (exact) mass is 404 g/mol. The van der Waals surface area contributed by atoms with Crippen molar-refractivity contribution in [3.63, 3.8) is 0 Å². The molecule has 0 amide bonds. The fraction of sp³-hybridized carbons (Fsp3) is 0.222. The Balaban J connectivity index is 1.94. The smallest absolute Gasteiger partial charge is 0.220 e. The van der Waals surface area contributed by atoms with Gasteiger partial charge in [0.1, 0.15) is 16.9 Å². The van der Waals surface area contributed by atoms with Gasteiger partial charge in [-0.15, -0.1) is 22.0 Å². The fourth-order valence-corrected chi connectivity index (χ4v) is 4.18. The van der Waals surface area contributed by atoms with Crippen LogP contribution in [0.25, 0.3) is 5.69 Å². The maximum Gasteiger partial charge on any atom is 0.220 e. The van der Waals surface area contributed by atoms with Gasteiger partial charge in [-0.25, -0.2) is 4.39 Å². The Labute approximate surface area is 164 Å². The summed E-state index contributed by atoms with van der Waals surface area (Å²) in [6.07, 6.45) is 1.98. The molecule has 0 fully saturated rings. The van der Waals surface area contributed by atoms with Gasteiger partial charge in [-0.2, -0.15) is 0 Å².